The molecule has 0 amide bonds. The van der Waals surface area contributed by atoms with E-state index in [1.54, 1.807) is 6.92 Å². The second-order valence-corrected chi connectivity index (χ2v) is 5.68. The summed E-state index contributed by atoms with van der Waals surface area (Å²) in [7, 11) is 0. The lowest BCUT2D eigenvalue weighted by Gasteiger charge is -2.26. The van der Waals surface area contributed by atoms with Crippen LogP contribution in [0, 0.1) is 22.9 Å². The Morgan fingerprint density at radius 3 is 1.96 bits per heavy atom. The quantitative estimate of drug-likeness (QED) is 0.521. The van der Waals surface area contributed by atoms with Crippen molar-refractivity contribution in [1.29, 1.82) is 0 Å². The predicted molar refractivity (Wildman–Crippen MR) is 102 cm³/mol. The number of carbonyl (C=O) groups is 2. The molecule has 0 aliphatic heterocycles. The summed E-state index contributed by atoms with van der Waals surface area (Å²) in [6.07, 6.45) is -0.289. The van der Waals surface area contributed by atoms with Gasteiger partial charge in [-0.1, -0.05) is 41.0 Å². The van der Waals surface area contributed by atoms with Crippen molar-refractivity contribution in [3.05, 3.63) is 29.6 Å². The maximum Gasteiger partial charge on any atom is 0.352 e. The highest BCUT2D eigenvalue weighted by atomic mass is 19.1. The van der Waals surface area contributed by atoms with Crippen LogP contribution in [0.2, 0.25) is 0 Å². The van der Waals surface area contributed by atoms with Crippen LogP contribution in [0.1, 0.15) is 61.3 Å². The molecule has 28 heavy (non-hydrogen) atoms. The zero-order valence-electron chi connectivity index (χ0n) is 17.7. The van der Waals surface area contributed by atoms with Gasteiger partial charge in [-0.25, -0.2) is 18.0 Å². The SMILES string of the molecule is CC.CC.CCCC(C)(CN)C(=O)OC(C)C(=O)Oc1c(F)cc(F)cc1F. The van der Waals surface area contributed by atoms with Crippen molar-refractivity contribution in [2.75, 3.05) is 6.54 Å². The Bertz CT molecular complexity index is 602. The monoisotopic (exact) mass is 407 g/mol. The van der Waals surface area contributed by atoms with Crippen molar-refractivity contribution in [2.24, 2.45) is 11.1 Å². The van der Waals surface area contributed by atoms with E-state index in [0.29, 0.717) is 25.0 Å². The molecule has 1 rings (SSSR count). The fourth-order valence-electron chi connectivity index (χ4n) is 2.00. The van der Waals surface area contributed by atoms with Gasteiger partial charge < -0.3 is 15.2 Å². The second kappa shape index (κ2) is 14.0. The molecule has 1 aromatic rings. The van der Waals surface area contributed by atoms with Crippen molar-refractivity contribution in [1.82, 2.24) is 0 Å². The summed E-state index contributed by atoms with van der Waals surface area (Å²) in [5.74, 6) is -6.86. The minimum absolute atomic E-state index is 0.0165. The first-order valence-corrected chi connectivity index (χ1v) is 9.42. The van der Waals surface area contributed by atoms with Crippen LogP contribution >= 0.6 is 0 Å². The molecule has 0 heterocycles. The van der Waals surface area contributed by atoms with Crippen molar-refractivity contribution in [3.63, 3.8) is 0 Å². The van der Waals surface area contributed by atoms with E-state index in [1.165, 1.54) is 6.92 Å². The highest BCUT2D eigenvalue weighted by Crippen LogP contribution is 2.26. The van der Waals surface area contributed by atoms with Gasteiger partial charge in [0.1, 0.15) is 5.82 Å². The highest BCUT2D eigenvalue weighted by Gasteiger charge is 2.35. The molecular formula is C20H32F3NO4. The third-order valence-corrected chi connectivity index (χ3v) is 3.53. The van der Waals surface area contributed by atoms with E-state index in [4.69, 9.17) is 10.5 Å². The molecule has 2 atom stereocenters. The van der Waals surface area contributed by atoms with E-state index in [-0.39, 0.29) is 6.54 Å². The van der Waals surface area contributed by atoms with Crippen molar-refractivity contribution in [2.45, 2.75) is 67.4 Å². The van der Waals surface area contributed by atoms with Gasteiger partial charge in [0.05, 0.1) is 5.41 Å². The average molecular weight is 407 g/mol. The zero-order valence-corrected chi connectivity index (χ0v) is 17.7. The van der Waals surface area contributed by atoms with Crippen LogP contribution < -0.4 is 10.5 Å². The first-order chi connectivity index (χ1) is 13.1. The molecule has 0 aromatic heterocycles. The molecule has 0 aliphatic rings. The van der Waals surface area contributed by atoms with Crippen LogP contribution in [-0.2, 0) is 14.3 Å². The number of benzene rings is 1. The molecule has 8 heteroatoms. The molecule has 0 aliphatic carbocycles. The van der Waals surface area contributed by atoms with Crippen LogP contribution in [-0.4, -0.2) is 24.6 Å². The number of hydrogen-bond acceptors (Lipinski definition) is 5. The van der Waals surface area contributed by atoms with E-state index in [2.05, 4.69) is 4.74 Å². The lowest BCUT2D eigenvalue weighted by Crippen LogP contribution is -2.40. The lowest BCUT2D eigenvalue weighted by molar-refractivity contribution is -0.168. The van der Waals surface area contributed by atoms with Crippen molar-refractivity contribution >= 4 is 11.9 Å². The summed E-state index contributed by atoms with van der Waals surface area (Å²) >= 11 is 0. The number of nitrogens with two attached hydrogens (primary N) is 1. The number of esters is 2. The van der Waals surface area contributed by atoms with Gasteiger partial charge in [-0.05, 0) is 20.3 Å². The smallest absolute Gasteiger partial charge is 0.352 e. The van der Waals surface area contributed by atoms with Crippen LogP contribution in [0.4, 0.5) is 13.2 Å². The van der Waals surface area contributed by atoms with Gasteiger partial charge in [-0.3, -0.25) is 4.79 Å². The normalized spacial score (nSPS) is 13.0. The van der Waals surface area contributed by atoms with E-state index >= 15 is 0 Å². The Morgan fingerprint density at radius 2 is 1.57 bits per heavy atom. The maximum absolute atomic E-state index is 13.5. The van der Waals surface area contributed by atoms with Crippen molar-refractivity contribution < 1.29 is 32.2 Å². The molecule has 0 radical (unpaired) electrons. The second-order valence-electron chi connectivity index (χ2n) is 5.68. The topological polar surface area (TPSA) is 78.6 Å². The largest absolute Gasteiger partial charge is 0.450 e. The number of hydrogen-bond donors (Lipinski definition) is 1. The summed E-state index contributed by atoms with van der Waals surface area (Å²) in [6.45, 7) is 12.7. The molecule has 0 bridgehead atoms. The van der Waals surface area contributed by atoms with Gasteiger partial charge in [-0.15, -0.1) is 0 Å². The van der Waals surface area contributed by atoms with Gasteiger partial charge in [0.2, 0.25) is 5.75 Å². The highest BCUT2D eigenvalue weighted by molar-refractivity contribution is 5.83. The summed E-state index contributed by atoms with van der Waals surface area (Å²) in [6, 6.07) is 0.740. The van der Waals surface area contributed by atoms with Crippen molar-refractivity contribution in [3.8, 4) is 5.75 Å². The summed E-state index contributed by atoms with van der Waals surface area (Å²) in [4.78, 5) is 24.0. The van der Waals surface area contributed by atoms with Crippen LogP contribution in [0.3, 0.4) is 0 Å². The maximum atomic E-state index is 13.5. The number of rotatable bonds is 7. The Labute approximate surface area is 165 Å². The molecule has 162 valence electrons. The van der Waals surface area contributed by atoms with Gasteiger partial charge in [0.25, 0.3) is 0 Å². The van der Waals surface area contributed by atoms with Gasteiger partial charge in [0.15, 0.2) is 17.7 Å². The van der Waals surface area contributed by atoms with Gasteiger partial charge in [-0.2, -0.15) is 0 Å². The zero-order chi connectivity index (χ0) is 22.5. The lowest BCUT2D eigenvalue weighted by atomic mass is 9.86. The van der Waals surface area contributed by atoms with Gasteiger partial charge >= 0.3 is 11.9 Å². The molecule has 1 aromatic carbocycles. The number of halogens is 3. The third kappa shape index (κ3) is 8.29. The van der Waals surface area contributed by atoms with E-state index in [1.807, 2.05) is 34.6 Å². The van der Waals surface area contributed by atoms with Crippen LogP contribution in [0.15, 0.2) is 12.1 Å². The van der Waals surface area contributed by atoms with E-state index in [0.717, 1.165) is 0 Å². The summed E-state index contributed by atoms with van der Waals surface area (Å²) in [5, 5.41) is 0. The van der Waals surface area contributed by atoms with E-state index in [9.17, 15) is 22.8 Å². The summed E-state index contributed by atoms with van der Waals surface area (Å²) < 4.78 is 49.3. The molecule has 5 nitrogen and oxygen atoms in total. The predicted octanol–water partition coefficient (Wildman–Crippen LogP) is 4.76. The first-order valence-electron chi connectivity index (χ1n) is 9.42. The molecule has 0 spiro atoms. The minimum atomic E-state index is -1.41. The van der Waals surface area contributed by atoms with E-state index < -0.39 is 46.7 Å². The molecule has 2 unspecified atom stereocenters. The fraction of sp³-hybridized carbons (Fsp3) is 0.600. The van der Waals surface area contributed by atoms with Crippen LogP contribution in [0.5, 0.6) is 5.75 Å². The molecule has 0 saturated carbocycles. The molecule has 2 N–H and O–H groups in total. The first kappa shape index (κ1) is 28.1. The Balaban J connectivity index is 0. The Morgan fingerprint density at radius 1 is 1.11 bits per heavy atom. The molecular weight excluding hydrogens is 375 g/mol. The fourth-order valence-corrected chi connectivity index (χ4v) is 2.00. The number of ether oxygens (including phenoxy) is 2. The molecule has 0 fully saturated rings. The minimum Gasteiger partial charge on any atom is -0.450 e. The number of carbonyl (C=O) groups excluding carboxylic acids is 2. The third-order valence-electron chi connectivity index (χ3n) is 3.53. The Kier molecular flexibility index (Phi) is 14.0. The molecule has 0 saturated heterocycles. The van der Waals surface area contributed by atoms with Gasteiger partial charge in [0, 0.05) is 18.7 Å². The standard InChI is InChI=1S/C16H20F3NO4.2C2H6/c1-4-5-16(3,8-20)15(22)23-9(2)14(21)24-13-11(18)6-10(17)7-12(13)19;2*1-2/h6-7,9H,4-5,8,20H2,1-3H3;2*1-2H3. The average Bonchev–Trinajstić information content (AvgIpc) is 2.67. The Hall–Kier alpha value is -2.09. The summed E-state index contributed by atoms with van der Waals surface area (Å²) in [5.41, 5.74) is 4.60. The van der Waals surface area contributed by atoms with Crippen LogP contribution in [0.25, 0.3) is 0 Å².